The Kier molecular flexibility index (Phi) is 4.80. The highest BCUT2D eigenvalue weighted by atomic mass is 16.5. The Morgan fingerprint density at radius 1 is 1.12 bits per heavy atom. The molecule has 0 radical (unpaired) electrons. The van der Waals surface area contributed by atoms with Crippen molar-refractivity contribution in [2.45, 2.75) is 6.54 Å². The van der Waals surface area contributed by atoms with Crippen molar-refractivity contribution in [1.82, 2.24) is 10.2 Å². The molecule has 3 heteroatoms. The van der Waals surface area contributed by atoms with Gasteiger partial charge in [-0.2, -0.15) is 0 Å². The summed E-state index contributed by atoms with van der Waals surface area (Å²) in [5, 5.41) is 3.47. The van der Waals surface area contributed by atoms with E-state index in [4.69, 9.17) is 4.74 Å². The van der Waals surface area contributed by atoms with Crippen molar-refractivity contribution in [2.24, 2.45) is 0 Å². The maximum absolute atomic E-state index is 5.31. The second-order valence-electron chi connectivity index (χ2n) is 4.12. The predicted molar refractivity (Wildman–Crippen MR) is 65.4 cm³/mol. The lowest BCUT2D eigenvalue weighted by atomic mass is 10.2. The average molecular weight is 220 g/mol. The van der Waals surface area contributed by atoms with E-state index in [1.54, 1.807) is 0 Å². The van der Waals surface area contributed by atoms with Crippen molar-refractivity contribution in [3.05, 3.63) is 35.9 Å². The van der Waals surface area contributed by atoms with Crippen LogP contribution >= 0.6 is 0 Å². The lowest BCUT2D eigenvalue weighted by molar-refractivity contribution is 0.0384. The standard InChI is InChI=1S/C13H20N2O/c1-2-4-13(5-3-1)12-14-6-7-15-8-10-16-11-9-15/h1-5,14H,6-12H2. The zero-order valence-electron chi connectivity index (χ0n) is 9.69. The Bertz CT molecular complexity index is 283. The predicted octanol–water partition coefficient (Wildman–Crippen LogP) is 1.11. The van der Waals surface area contributed by atoms with Crippen LogP contribution < -0.4 is 5.32 Å². The summed E-state index contributed by atoms with van der Waals surface area (Å²) in [4.78, 5) is 2.45. The van der Waals surface area contributed by atoms with Crippen LogP contribution in [0.5, 0.6) is 0 Å². The normalized spacial score (nSPS) is 17.5. The number of morpholine rings is 1. The van der Waals surface area contributed by atoms with Gasteiger partial charge in [0.1, 0.15) is 0 Å². The van der Waals surface area contributed by atoms with Gasteiger partial charge < -0.3 is 10.1 Å². The van der Waals surface area contributed by atoms with Crippen molar-refractivity contribution in [3.63, 3.8) is 0 Å². The molecule has 1 fully saturated rings. The van der Waals surface area contributed by atoms with Crippen LogP contribution in [0.3, 0.4) is 0 Å². The summed E-state index contributed by atoms with van der Waals surface area (Å²) in [7, 11) is 0. The topological polar surface area (TPSA) is 24.5 Å². The number of rotatable bonds is 5. The maximum Gasteiger partial charge on any atom is 0.0594 e. The van der Waals surface area contributed by atoms with Gasteiger partial charge in [-0.3, -0.25) is 4.90 Å². The van der Waals surface area contributed by atoms with Crippen molar-refractivity contribution in [3.8, 4) is 0 Å². The van der Waals surface area contributed by atoms with Crippen molar-refractivity contribution < 1.29 is 4.74 Å². The molecule has 1 N–H and O–H groups in total. The molecule has 3 nitrogen and oxygen atoms in total. The largest absolute Gasteiger partial charge is 0.379 e. The van der Waals surface area contributed by atoms with Crippen LogP contribution in [0.1, 0.15) is 5.56 Å². The summed E-state index contributed by atoms with van der Waals surface area (Å²) >= 11 is 0. The molecule has 0 saturated carbocycles. The van der Waals surface area contributed by atoms with Gasteiger partial charge in [0.2, 0.25) is 0 Å². The molecule has 1 aromatic rings. The second kappa shape index (κ2) is 6.63. The smallest absolute Gasteiger partial charge is 0.0594 e. The van der Waals surface area contributed by atoms with Gasteiger partial charge in [-0.1, -0.05) is 30.3 Å². The van der Waals surface area contributed by atoms with Gasteiger partial charge in [0, 0.05) is 32.7 Å². The van der Waals surface area contributed by atoms with E-state index in [9.17, 15) is 0 Å². The first kappa shape index (κ1) is 11.6. The monoisotopic (exact) mass is 220 g/mol. The molecule has 2 rings (SSSR count). The summed E-state index contributed by atoms with van der Waals surface area (Å²) in [5.74, 6) is 0. The fourth-order valence-electron chi connectivity index (χ4n) is 1.89. The van der Waals surface area contributed by atoms with Crippen LogP contribution in [-0.2, 0) is 11.3 Å². The Balaban J connectivity index is 1.58. The first-order valence-electron chi connectivity index (χ1n) is 6.00. The van der Waals surface area contributed by atoms with E-state index in [0.29, 0.717) is 0 Å². The molecule has 0 aromatic heterocycles. The zero-order valence-corrected chi connectivity index (χ0v) is 9.69. The summed E-state index contributed by atoms with van der Waals surface area (Å²) in [6, 6.07) is 10.5. The number of nitrogens with zero attached hydrogens (tertiary/aromatic N) is 1. The van der Waals surface area contributed by atoms with Crippen LogP contribution in [0.4, 0.5) is 0 Å². The Morgan fingerprint density at radius 3 is 2.62 bits per heavy atom. The van der Waals surface area contributed by atoms with Crippen molar-refractivity contribution >= 4 is 0 Å². The highest BCUT2D eigenvalue weighted by Gasteiger charge is 2.08. The van der Waals surface area contributed by atoms with Crippen LogP contribution in [0.25, 0.3) is 0 Å². The number of benzene rings is 1. The fourth-order valence-corrected chi connectivity index (χ4v) is 1.89. The van der Waals surface area contributed by atoms with Gasteiger partial charge in [-0.15, -0.1) is 0 Å². The Labute approximate surface area is 97.4 Å². The zero-order chi connectivity index (χ0) is 11.1. The van der Waals surface area contributed by atoms with Crippen LogP contribution in [0.2, 0.25) is 0 Å². The molecule has 0 bridgehead atoms. The summed E-state index contributed by atoms with van der Waals surface area (Å²) < 4.78 is 5.31. The molecule has 88 valence electrons. The highest BCUT2D eigenvalue weighted by molar-refractivity contribution is 5.14. The fraction of sp³-hybridized carbons (Fsp3) is 0.538. The summed E-state index contributed by atoms with van der Waals surface area (Å²) in [5.41, 5.74) is 1.35. The van der Waals surface area contributed by atoms with E-state index in [2.05, 4.69) is 40.5 Å². The lowest BCUT2D eigenvalue weighted by Gasteiger charge is -2.26. The Hall–Kier alpha value is -0.900. The summed E-state index contributed by atoms with van der Waals surface area (Å²) in [6.45, 7) is 7.06. The number of hydrogen-bond acceptors (Lipinski definition) is 3. The van der Waals surface area contributed by atoms with Gasteiger partial charge >= 0.3 is 0 Å². The number of hydrogen-bond donors (Lipinski definition) is 1. The van der Waals surface area contributed by atoms with Crippen LogP contribution in [-0.4, -0.2) is 44.3 Å². The number of nitrogens with one attached hydrogen (secondary N) is 1. The summed E-state index contributed by atoms with van der Waals surface area (Å²) in [6.07, 6.45) is 0. The van der Waals surface area contributed by atoms with Gasteiger partial charge in [0.25, 0.3) is 0 Å². The molecule has 1 aliphatic rings. The van der Waals surface area contributed by atoms with E-state index >= 15 is 0 Å². The first-order chi connectivity index (χ1) is 7.95. The molecular weight excluding hydrogens is 200 g/mol. The van der Waals surface area contributed by atoms with E-state index in [-0.39, 0.29) is 0 Å². The molecule has 0 spiro atoms. The van der Waals surface area contributed by atoms with E-state index in [0.717, 1.165) is 45.9 Å². The maximum atomic E-state index is 5.31. The molecule has 0 unspecified atom stereocenters. The molecule has 0 amide bonds. The molecule has 1 heterocycles. The lowest BCUT2D eigenvalue weighted by Crippen LogP contribution is -2.40. The minimum Gasteiger partial charge on any atom is -0.379 e. The number of ether oxygens (including phenoxy) is 1. The molecule has 16 heavy (non-hydrogen) atoms. The first-order valence-corrected chi connectivity index (χ1v) is 6.00. The third-order valence-corrected chi connectivity index (χ3v) is 2.88. The van der Waals surface area contributed by atoms with Gasteiger partial charge in [0.15, 0.2) is 0 Å². The Morgan fingerprint density at radius 2 is 1.88 bits per heavy atom. The average Bonchev–Trinajstić information content (AvgIpc) is 2.37. The van der Waals surface area contributed by atoms with Gasteiger partial charge in [0.05, 0.1) is 13.2 Å². The van der Waals surface area contributed by atoms with Crippen LogP contribution in [0.15, 0.2) is 30.3 Å². The second-order valence-corrected chi connectivity index (χ2v) is 4.12. The minimum absolute atomic E-state index is 0.888. The van der Waals surface area contributed by atoms with Crippen molar-refractivity contribution in [1.29, 1.82) is 0 Å². The SMILES string of the molecule is c1ccc(CNCCN2CCOCC2)cc1. The van der Waals surface area contributed by atoms with E-state index in [1.165, 1.54) is 5.56 Å². The minimum atomic E-state index is 0.888. The van der Waals surface area contributed by atoms with E-state index in [1.807, 2.05) is 0 Å². The third-order valence-electron chi connectivity index (χ3n) is 2.88. The van der Waals surface area contributed by atoms with Crippen molar-refractivity contribution in [2.75, 3.05) is 39.4 Å². The molecule has 0 atom stereocenters. The van der Waals surface area contributed by atoms with Gasteiger partial charge in [-0.25, -0.2) is 0 Å². The quantitative estimate of drug-likeness (QED) is 0.752. The molecule has 1 aliphatic heterocycles. The van der Waals surface area contributed by atoms with E-state index < -0.39 is 0 Å². The van der Waals surface area contributed by atoms with Crippen LogP contribution in [0, 0.1) is 0 Å². The molecule has 1 saturated heterocycles. The van der Waals surface area contributed by atoms with Gasteiger partial charge in [-0.05, 0) is 5.56 Å². The highest BCUT2D eigenvalue weighted by Crippen LogP contribution is 1.98. The molecular formula is C13H20N2O. The molecule has 1 aromatic carbocycles. The molecule has 0 aliphatic carbocycles. The third kappa shape index (κ3) is 3.93.